The molecule has 66 heavy (non-hydrogen) atoms. The van der Waals surface area contributed by atoms with E-state index in [1.165, 1.54) is 199 Å². The van der Waals surface area contributed by atoms with E-state index >= 15 is 0 Å². The highest BCUT2D eigenvalue weighted by Crippen LogP contribution is 2.24. The van der Waals surface area contributed by atoms with Crippen molar-refractivity contribution in [3.05, 3.63) is 0 Å². The maximum absolute atomic E-state index is 13.8. The fourth-order valence-electron chi connectivity index (χ4n) is 9.73. The molecule has 2 unspecified atom stereocenters. The summed E-state index contributed by atoms with van der Waals surface area (Å²) >= 11 is 3.57. The molecule has 0 aliphatic heterocycles. The molecule has 1 amide bonds. The summed E-state index contributed by atoms with van der Waals surface area (Å²) in [7, 11) is 0. The number of carbonyl (C=O) groups is 3. The van der Waals surface area contributed by atoms with Crippen molar-refractivity contribution in [1.29, 1.82) is 0 Å². The van der Waals surface area contributed by atoms with Gasteiger partial charge in [0.2, 0.25) is 5.91 Å². The number of unbranched alkanes of at least 4 members (excludes halogenated alkanes) is 27. The van der Waals surface area contributed by atoms with Crippen LogP contribution >= 0.6 is 15.9 Å². The molecule has 0 bridgehead atoms. The van der Waals surface area contributed by atoms with Crippen LogP contribution < -0.4 is 0 Å². The molecule has 0 aromatic carbocycles. The molecule has 0 saturated carbocycles. The monoisotopic (exact) mass is 996 g/mol. The number of esters is 2. The molecule has 0 aromatic heterocycles. The molecule has 0 saturated heterocycles. The summed E-state index contributed by atoms with van der Waals surface area (Å²) in [5.74, 6) is 1.22. The summed E-state index contributed by atoms with van der Waals surface area (Å²) in [5.41, 5.74) is 0. The number of carbonyl (C=O) groups excluding carboxylic acids is 3. The van der Waals surface area contributed by atoms with Crippen LogP contribution in [0.25, 0.3) is 0 Å². The summed E-state index contributed by atoms with van der Waals surface area (Å²) < 4.78 is 11.9. The van der Waals surface area contributed by atoms with Crippen molar-refractivity contribution in [2.45, 2.75) is 323 Å². The Morgan fingerprint density at radius 3 is 1.03 bits per heavy atom. The highest BCUT2D eigenvalue weighted by Gasteiger charge is 2.23. The molecule has 7 heteroatoms. The molecule has 0 fully saturated rings. The van der Waals surface area contributed by atoms with E-state index in [9.17, 15) is 14.4 Å². The lowest BCUT2D eigenvalue weighted by atomic mass is 9.95. The smallest absolute Gasteiger partial charge is 0.305 e. The second-order valence-electron chi connectivity index (χ2n) is 20.6. The van der Waals surface area contributed by atoms with E-state index in [0.29, 0.717) is 50.2 Å². The molecule has 2 atom stereocenters. The molecule has 0 spiro atoms. The van der Waals surface area contributed by atoms with Gasteiger partial charge in [0, 0.05) is 37.2 Å². The number of hydrogen-bond donors (Lipinski definition) is 0. The van der Waals surface area contributed by atoms with Crippen LogP contribution in [-0.4, -0.2) is 53.9 Å². The number of rotatable bonds is 53. The summed E-state index contributed by atoms with van der Waals surface area (Å²) in [6, 6.07) is 0.210. The summed E-state index contributed by atoms with van der Waals surface area (Å²) in [6.45, 7) is 13.4. The van der Waals surface area contributed by atoms with Crippen molar-refractivity contribution in [2.24, 2.45) is 11.8 Å². The average molecular weight is 997 g/mol. The Kier molecular flexibility index (Phi) is 50.9. The van der Waals surface area contributed by atoms with Crippen LogP contribution in [0.2, 0.25) is 0 Å². The quantitative estimate of drug-likeness (QED) is 0.0345. The fraction of sp³-hybridized carbons (Fsp3) is 0.949. The average Bonchev–Trinajstić information content (AvgIpc) is 3.32. The molecule has 0 heterocycles. The summed E-state index contributed by atoms with van der Waals surface area (Å²) in [6.07, 6.45) is 50.7. The van der Waals surface area contributed by atoms with Gasteiger partial charge in [-0.1, -0.05) is 250 Å². The third-order valence-electron chi connectivity index (χ3n) is 14.2. The number of amides is 1. The lowest BCUT2D eigenvalue weighted by Crippen LogP contribution is -2.41. The molecule has 0 N–H and O–H groups in total. The topological polar surface area (TPSA) is 72.9 Å². The van der Waals surface area contributed by atoms with E-state index in [-0.39, 0.29) is 18.0 Å². The number of halogens is 1. The van der Waals surface area contributed by atoms with E-state index in [0.717, 1.165) is 76.1 Å². The third kappa shape index (κ3) is 43.0. The maximum atomic E-state index is 13.8. The molecule has 0 radical (unpaired) electrons. The van der Waals surface area contributed by atoms with Crippen molar-refractivity contribution in [2.75, 3.05) is 25.1 Å². The van der Waals surface area contributed by atoms with Crippen LogP contribution in [0, 0.1) is 11.8 Å². The summed E-state index contributed by atoms with van der Waals surface area (Å²) in [5, 5.41) is 0.846. The molecule has 6 nitrogen and oxygen atoms in total. The predicted molar refractivity (Wildman–Crippen MR) is 290 cm³/mol. The van der Waals surface area contributed by atoms with E-state index < -0.39 is 0 Å². The van der Waals surface area contributed by atoms with Crippen LogP contribution in [0.1, 0.15) is 317 Å². The first-order valence-electron chi connectivity index (χ1n) is 29.5. The van der Waals surface area contributed by atoms with Crippen LogP contribution in [0.4, 0.5) is 0 Å². The number of ether oxygens (including phenoxy) is 2. The molecular formula is C59H114BrNO5. The Morgan fingerprint density at radius 2 is 0.667 bits per heavy atom. The first kappa shape index (κ1) is 64.9. The van der Waals surface area contributed by atoms with Gasteiger partial charge < -0.3 is 14.4 Å². The maximum Gasteiger partial charge on any atom is 0.305 e. The number of nitrogens with zero attached hydrogens (tertiary/aromatic N) is 1. The first-order valence-corrected chi connectivity index (χ1v) is 30.6. The zero-order chi connectivity index (χ0) is 48.4. The van der Waals surface area contributed by atoms with Gasteiger partial charge in [-0.25, -0.2) is 0 Å². The molecular weight excluding hydrogens is 883 g/mol. The van der Waals surface area contributed by atoms with E-state index in [2.05, 4.69) is 55.4 Å². The van der Waals surface area contributed by atoms with Crippen molar-refractivity contribution >= 4 is 33.8 Å². The SMILES string of the molecule is CCCCCCCCCCN(C(=O)CCCBr)C(CCCCCC(=O)OCC(CCCCCC)CCCCCCCC)CCCCCC(=O)OCC(CCCCCC)CCCCCCCC. The third-order valence-corrected chi connectivity index (χ3v) is 14.8. The van der Waals surface area contributed by atoms with E-state index in [1.807, 2.05) is 0 Å². The van der Waals surface area contributed by atoms with Crippen LogP contribution in [0.5, 0.6) is 0 Å². The standard InChI is InChI=1S/C59H114BrNO5/c1-6-11-16-21-24-25-28-39-51-61(57(62)47-40-50-60)56(45-35-29-37-48-58(63)65-52-54(41-31-19-14-9-4)43-33-26-22-17-12-7-2)46-36-30-38-49-59(64)66-53-55(42-32-20-15-10-5)44-34-27-23-18-13-8-3/h54-56H,6-53H2,1-5H3. The Balaban J connectivity index is 5.28. The van der Waals surface area contributed by atoms with Crippen molar-refractivity contribution in [1.82, 2.24) is 4.90 Å². The summed E-state index contributed by atoms with van der Waals surface area (Å²) in [4.78, 5) is 42.0. The van der Waals surface area contributed by atoms with Crippen LogP contribution in [0.15, 0.2) is 0 Å². The van der Waals surface area contributed by atoms with Crippen molar-refractivity contribution in [3.8, 4) is 0 Å². The fourth-order valence-corrected chi connectivity index (χ4v) is 10.0. The lowest BCUT2D eigenvalue weighted by molar-refractivity contribution is -0.146. The van der Waals surface area contributed by atoms with Gasteiger partial charge in [0.25, 0.3) is 0 Å². The van der Waals surface area contributed by atoms with E-state index in [4.69, 9.17) is 9.47 Å². The molecule has 0 aromatic rings. The van der Waals surface area contributed by atoms with Gasteiger partial charge in [0.1, 0.15) is 0 Å². The zero-order valence-corrected chi connectivity index (χ0v) is 46.6. The molecule has 0 aliphatic rings. The second kappa shape index (κ2) is 51.7. The lowest BCUT2D eigenvalue weighted by Gasteiger charge is -2.33. The Hall–Kier alpha value is -1.11. The predicted octanol–water partition coefficient (Wildman–Crippen LogP) is 19.2. The highest BCUT2D eigenvalue weighted by atomic mass is 79.9. The largest absolute Gasteiger partial charge is 0.465 e. The molecule has 0 rings (SSSR count). The molecule has 0 aliphatic carbocycles. The van der Waals surface area contributed by atoms with Gasteiger partial charge >= 0.3 is 11.9 Å². The normalized spacial score (nSPS) is 12.9. The van der Waals surface area contributed by atoms with Gasteiger partial charge in [0.15, 0.2) is 0 Å². The van der Waals surface area contributed by atoms with Gasteiger partial charge in [-0.05, 0) is 76.0 Å². The minimum atomic E-state index is -0.0341. The van der Waals surface area contributed by atoms with E-state index in [1.54, 1.807) is 0 Å². The zero-order valence-electron chi connectivity index (χ0n) is 45.0. The number of alkyl halides is 1. The van der Waals surface area contributed by atoms with Gasteiger partial charge in [-0.3, -0.25) is 14.4 Å². The first-order chi connectivity index (χ1) is 32.4. The van der Waals surface area contributed by atoms with Crippen molar-refractivity contribution in [3.63, 3.8) is 0 Å². The Labute approximate surface area is 420 Å². The van der Waals surface area contributed by atoms with Crippen molar-refractivity contribution < 1.29 is 23.9 Å². The Morgan fingerprint density at radius 1 is 0.364 bits per heavy atom. The number of hydrogen-bond acceptors (Lipinski definition) is 5. The Bertz CT molecular complexity index is 982. The highest BCUT2D eigenvalue weighted by molar-refractivity contribution is 9.09. The van der Waals surface area contributed by atoms with Gasteiger partial charge in [-0.2, -0.15) is 0 Å². The minimum absolute atomic E-state index is 0.0341. The van der Waals surface area contributed by atoms with Gasteiger partial charge in [0.05, 0.1) is 13.2 Å². The second-order valence-corrected chi connectivity index (χ2v) is 21.4. The van der Waals surface area contributed by atoms with Crippen LogP contribution in [-0.2, 0) is 23.9 Å². The van der Waals surface area contributed by atoms with Crippen LogP contribution in [0.3, 0.4) is 0 Å². The molecule has 392 valence electrons. The minimum Gasteiger partial charge on any atom is -0.465 e. The van der Waals surface area contributed by atoms with Gasteiger partial charge in [-0.15, -0.1) is 0 Å².